The maximum atomic E-state index is 12.1. The van der Waals surface area contributed by atoms with Crippen LogP contribution in [0.1, 0.15) is 11.1 Å². The molecule has 3 N–H and O–H groups in total. The van der Waals surface area contributed by atoms with Crippen LogP contribution in [0.25, 0.3) is 0 Å². The topological polar surface area (TPSA) is 87.3 Å². The molecule has 0 atom stereocenters. The number of sulfonamides is 1. The minimum absolute atomic E-state index is 0.0776. The molecule has 0 spiro atoms. The van der Waals surface area contributed by atoms with Crippen LogP contribution >= 0.6 is 23.2 Å². The molecule has 0 aliphatic rings. The molecule has 2 aromatic rings. The van der Waals surface area contributed by atoms with Gasteiger partial charge in [-0.15, -0.1) is 0 Å². The second-order valence-corrected chi connectivity index (χ2v) is 8.28. The van der Waals surface area contributed by atoms with Gasteiger partial charge in [0, 0.05) is 22.3 Å². The van der Waals surface area contributed by atoms with Gasteiger partial charge in [0.05, 0.1) is 4.90 Å². The number of aryl methyl sites for hydroxylation is 1. The summed E-state index contributed by atoms with van der Waals surface area (Å²) in [6.07, 6.45) is 0.538. The number of halogens is 2. The Morgan fingerprint density at radius 1 is 1.12 bits per heavy atom. The van der Waals surface area contributed by atoms with Crippen molar-refractivity contribution in [1.82, 2.24) is 10.0 Å². The van der Waals surface area contributed by atoms with E-state index in [1.807, 2.05) is 0 Å². The first-order valence-corrected chi connectivity index (χ1v) is 10.00. The normalized spacial score (nSPS) is 11.2. The van der Waals surface area contributed by atoms with E-state index in [9.17, 15) is 13.2 Å². The third kappa shape index (κ3) is 5.35. The van der Waals surface area contributed by atoms with E-state index in [0.29, 0.717) is 28.7 Å². The zero-order valence-corrected chi connectivity index (χ0v) is 16.6. The lowest BCUT2D eigenvalue weighted by Gasteiger charge is -2.12. The van der Waals surface area contributed by atoms with Gasteiger partial charge in [0.2, 0.25) is 10.0 Å². The van der Waals surface area contributed by atoms with Crippen LogP contribution in [0.3, 0.4) is 0 Å². The molecule has 0 aliphatic heterocycles. The largest absolute Gasteiger partial charge is 0.338 e. The Hall–Kier alpha value is -1.80. The van der Waals surface area contributed by atoms with Crippen molar-refractivity contribution >= 4 is 44.9 Å². The number of rotatable bonds is 6. The van der Waals surface area contributed by atoms with E-state index in [-0.39, 0.29) is 4.90 Å². The van der Waals surface area contributed by atoms with Crippen molar-refractivity contribution in [2.24, 2.45) is 0 Å². The fourth-order valence-corrected chi connectivity index (χ4v) is 3.48. The summed E-state index contributed by atoms with van der Waals surface area (Å²) in [5.41, 5.74) is 2.04. The van der Waals surface area contributed by atoms with Gasteiger partial charge in [-0.1, -0.05) is 35.3 Å². The Labute approximate surface area is 162 Å². The predicted molar refractivity (Wildman–Crippen MR) is 105 cm³/mol. The van der Waals surface area contributed by atoms with Crippen LogP contribution in [-0.4, -0.2) is 28.0 Å². The van der Waals surface area contributed by atoms with Crippen LogP contribution < -0.4 is 15.4 Å². The molecule has 0 saturated heterocycles. The van der Waals surface area contributed by atoms with E-state index in [4.69, 9.17) is 23.2 Å². The average molecular weight is 416 g/mol. The maximum Gasteiger partial charge on any atom is 0.319 e. The molecule has 0 aliphatic carbocycles. The molecule has 0 bridgehead atoms. The van der Waals surface area contributed by atoms with E-state index in [0.717, 1.165) is 11.1 Å². The molecule has 6 nitrogen and oxygen atoms in total. The monoisotopic (exact) mass is 415 g/mol. The van der Waals surface area contributed by atoms with Crippen LogP contribution in [0, 0.1) is 6.92 Å². The summed E-state index contributed by atoms with van der Waals surface area (Å²) < 4.78 is 26.0. The highest BCUT2D eigenvalue weighted by Crippen LogP contribution is 2.21. The molecule has 26 heavy (non-hydrogen) atoms. The minimum Gasteiger partial charge on any atom is -0.338 e. The van der Waals surface area contributed by atoms with Crippen molar-refractivity contribution in [3.63, 3.8) is 0 Å². The lowest BCUT2D eigenvalue weighted by molar-refractivity contribution is 0.252. The Balaban J connectivity index is 1.98. The smallest absolute Gasteiger partial charge is 0.319 e. The second kappa shape index (κ2) is 8.73. The third-order valence-corrected chi connectivity index (χ3v) is 5.73. The van der Waals surface area contributed by atoms with Crippen molar-refractivity contribution in [1.29, 1.82) is 0 Å². The molecule has 0 aromatic heterocycles. The van der Waals surface area contributed by atoms with Crippen molar-refractivity contribution < 1.29 is 13.2 Å². The number of hydrogen-bond donors (Lipinski definition) is 3. The lowest BCUT2D eigenvalue weighted by atomic mass is 10.1. The van der Waals surface area contributed by atoms with E-state index in [1.54, 1.807) is 31.2 Å². The Bertz CT molecular complexity index is 917. The molecule has 0 saturated carbocycles. The third-order valence-electron chi connectivity index (χ3n) is 3.73. The quantitative estimate of drug-likeness (QED) is 0.673. The zero-order valence-electron chi connectivity index (χ0n) is 14.3. The first-order valence-electron chi connectivity index (χ1n) is 7.76. The summed E-state index contributed by atoms with van der Waals surface area (Å²) in [5, 5.41) is 6.47. The van der Waals surface area contributed by atoms with Crippen molar-refractivity contribution in [3.8, 4) is 0 Å². The highest BCUT2D eigenvalue weighted by molar-refractivity contribution is 7.89. The van der Waals surface area contributed by atoms with E-state index >= 15 is 0 Å². The fraction of sp³-hybridized carbons (Fsp3) is 0.235. The average Bonchev–Trinajstić information content (AvgIpc) is 2.58. The Kier molecular flexibility index (Phi) is 6.88. The van der Waals surface area contributed by atoms with Gasteiger partial charge >= 0.3 is 6.03 Å². The van der Waals surface area contributed by atoms with Crippen molar-refractivity contribution in [2.75, 3.05) is 18.9 Å². The van der Waals surface area contributed by atoms with Crippen molar-refractivity contribution in [2.45, 2.75) is 18.2 Å². The van der Waals surface area contributed by atoms with Crippen LogP contribution in [0.15, 0.2) is 41.3 Å². The van der Waals surface area contributed by atoms with Gasteiger partial charge in [0.1, 0.15) is 0 Å². The maximum absolute atomic E-state index is 12.1. The number of anilines is 1. The minimum atomic E-state index is -3.58. The van der Waals surface area contributed by atoms with Crippen LogP contribution in [-0.2, 0) is 16.4 Å². The summed E-state index contributed by atoms with van der Waals surface area (Å²) >= 11 is 11.9. The first-order chi connectivity index (χ1) is 12.2. The zero-order chi connectivity index (χ0) is 19.3. The summed E-state index contributed by atoms with van der Waals surface area (Å²) in [6, 6.07) is 9.28. The molecule has 0 fully saturated rings. The predicted octanol–water partition coefficient (Wildman–Crippen LogP) is 3.57. The second-order valence-electron chi connectivity index (χ2n) is 5.55. The van der Waals surface area contributed by atoms with Crippen LogP contribution in [0.2, 0.25) is 10.0 Å². The number of benzene rings is 2. The first kappa shape index (κ1) is 20.5. The van der Waals surface area contributed by atoms with Crippen LogP contribution in [0.4, 0.5) is 10.5 Å². The van der Waals surface area contributed by atoms with E-state index in [1.165, 1.54) is 19.2 Å². The molecule has 9 heteroatoms. The SMILES string of the molecule is CNS(=O)(=O)c1ccc(C)c(NC(=O)NCCc2ccc(Cl)cc2Cl)c1. The van der Waals surface area contributed by atoms with Gasteiger partial charge in [-0.05, 0) is 55.8 Å². The number of carbonyl (C=O) groups is 1. The molecular weight excluding hydrogens is 397 g/mol. The number of amides is 2. The van der Waals surface area contributed by atoms with Crippen LogP contribution in [0.5, 0.6) is 0 Å². The highest BCUT2D eigenvalue weighted by Gasteiger charge is 2.14. The molecule has 2 aromatic carbocycles. The Morgan fingerprint density at radius 3 is 2.50 bits per heavy atom. The van der Waals surface area contributed by atoms with Gasteiger partial charge in [0.25, 0.3) is 0 Å². The summed E-state index contributed by atoms with van der Waals surface area (Å²) in [5.74, 6) is 0. The molecule has 0 heterocycles. The van der Waals surface area contributed by atoms with E-state index < -0.39 is 16.1 Å². The van der Waals surface area contributed by atoms with Gasteiger partial charge in [-0.25, -0.2) is 17.9 Å². The van der Waals surface area contributed by atoms with Gasteiger partial charge in [0.15, 0.2) is 0 Å². The molecule has 0 unspecified atom stereocenters. The Morgan fingerprint density at radius 2 is 1.85 bits per heavy atom. The highest BCUT2D eigenvalue weighted by atomic mass is 35.5. The molecule has 140 valence electrons. The van der Waals surface area contributed by atoms with Gasteiger partial charge < -0.3 is 10.6 Å². The summed E-state index contributed by atoms with van der Waals surface area (Å²) in [7, 11) is -2.25. The summed E-state index contributed by atoms with van der Waals surface area (Å²) in [6.45, 7) is 2.14. The number of urea groups is 1. The van der Waals surface area contributed by atoms with E-state index in [2.05, 4.69) is 15.4 Å². The summed E-state index contributed by atoms with van der Waals surface area (Å²) in [4.78, 5) is 12.2. The fourth-order valence-electron chi connectivity index (χ4n) is 2.22. The number of carbonyl (C=O) groups excluding carboxylic acids is 1. The lowest BCUT2D eigenvalue weighted by Crippen LogP contribution is -2.31. The molecule has 0 radical (unpaired) electrons. The van der Waals surface area contributed by atoms with Gasteiger partial charge in [-0.2, -0.15) is 0 Å². The number of nitrogens with one attached hydrogen (secondary N) is 3. The molecule has 2 amide bonds. The van der Waals surface area contributed by atoms with Crippen molar-refractivity contribution in [3.05, 3.63) is 57.6 Å². The van der Waals surface area contributed by atoms with Gasteiger partial charge in [-0.3, -0.25) is 0 Å². The number of hydrogen-bond acceptors (Lipinski definition) is 3. The molecular formula is C17H19Cl2N3O3S. The standard InChI is InChI=1S/C17H19Cl2N3O3S/c1-11-3-6-14(26(24,25)20-2)10-16(11)22-17(23)21-8-7-12-4-5-13(18)9-15(12)19/h3-6,9-10,20H,7-8H2,1-2H3,(H2,21,22,23). The molecule has 2 rings (SSSR count).